The minimum atomic E-state index is -0.363. The number of aromatic nitrogens is 3. The van der Waals surface area contributed by atoms with Gasteiger partial charge in [-0.1, -0.05) is 60.8 Å². The molecule has 30 heavy (non-hydrogen) atoms. The molecular weight excluding hydrogens is 420 g/mol. The van der Waals surface area contributed by atoms with E-state index < -0.39 is 0 Å². The Bertz CT molecular complexity index is 867. The average Bonchev–Trinajstić information content (AvgIpc) is 3.13. The molecule has 0 spiro atoms. The van der Waals surface area contributed by atoms with Crippen LogP contribution in [0.25, 0.3) is 0 Å². The maximum Gasteiger partial charge on any atom is 0.233 e. The van der Waals surface area contributed by atoms with Crippen molar-refractivity contribution in [3.05, 3.63) is 47.8 Å². The zero-order valence-corrected chi connectivity index (χ0v) is 19.1. The van der Waals surface area contributed by atoms with E-state index in [1.165, 1.54) is 31.0 Å². The van der Waals surface area contributed by atoms with E-state index in [0.717, 1.165) is 12.8 Å². The molecule has 0 aliphatic heterocycles. The lowest BCUT2D eigenvalue weighted by molar-refractivity contribution is -0.121. The largest absolute Gasteiger partial charge is 0.481 e. The van der Waals surface area contributed by atoms with Crippen LogP contribution in [0.4, 0.5) is 0 Å². The maximum absolute atomic E-state index is 12.7. The first-order chi connectivity index (χ1) is 14.5. The van der Waals surface area contributed by atoms with Crippen LogP contribution in [0.5, 0.6) is 5.75 Å². The zero-order valence-electron chi connectivity index (χ0n) is 17.5. The lowest BCUT2D eigenvalue weighted by Crippen LogP contribution is -2.40. The summed E-state index contributed by atoms with van der Waals surface area (Å²) in [6.45, 7) is 8.17. The Balaban J connectivity index is 1.69. The molecule has 1 amide bonds. The van der Waals surface area contributed by atoms with Crippen molar-refractivity contribution in [2.75, 3.05) is 0 Å². The van der Waals surface area contributed by atoms with Gasteiger partial charge in [-0.05, 0) is 38.8 Å². The standard InChI is InChI=1S/C22H29ClN4O2S/c1-4-14-27-20(15(2)29-19-13-9-8-12-18(19)23)25-26-22(27)30-16(3)21(28)24-17-10-6-5-7-11-17/h4,8-9,12-13,15-17H,1,5-7,10-11,14H2,2-3H3,(H,24,28). The molecule has 8 heteroatoms. The molecule has 1 N–H and O–H groups in total. The van der Waals surface area contributed by atoms with Gasteiger partial charge in [-0.2, -0.15) is 0 Å². The van der Waals surface area contributed by atoms with E-state index in [4.69, 9.17) is 16.3 Å². The first-order valence-electron chi connectivity index (χ1n) is 10.4. The Morgan fingerprint density at radius 1 is 1.33 bits per heavy atom. The number of para-hydroxylation sites is 1. The average molecular weight is 449 g/mol. The second-order valence-electron chi connectivity index (χ2n) is 7.53. The molecule has 2 aromatic rings. The fourth-order valence-electron chi connectivity index (χ4n) is 3.55. The Hall–Kier alpha value is -1.99. The third-order valence-corrected chi connectivity index (χ3v) is 6.56. The Kier molecular flexibility index (Phi) is 8.22. The van der Waals surface area contributed by atoms with Gasteiger partial charge in [0, 0.05) is 12.6 Å². The summed E-state index contributed by atoms with van der Waals surface area (Å²) in [7, 11) is 0. The van der Waals surface area contributed by atoms with Gasteiger partial charge in [0.25, 0.3) is 0 Å². The summed E-state index contributed by atoms with van der Waals surface area (Å²) in [6.07, 6.45) is 7.19. The van der Waals surface area contributed by atoms with Crippen LogP contribution in [0.3, 0.4) is 0 Å². The van der Waals surface area contributed by atoms with Gasteiger partial charge in [0.05, 0.1) is 10.3 Å². The molecule has 0 bridgehead atoms. The summed E-state index contributed by atoms with van der Waals surface area (Å²) < 4.78 is 7.94. The smallest absolute Gasteiger partial charge is 0.233 e. The van der Waals surface area contributed by atoms with Crippen LogP contribution >= 0.6 is 23.4 Å². The van der Waals surface area contributed by atoms with E-state index in [1.54, 1.807) is 12.1 Å². The van der Waals surface area contributed by atoms with Gasteiger partial charge >= 0.3 is 0 Å². The van der Waals surface area contributed by atoms with Gasteiger partial charge in [-0.25, -0.2) is 0 Å². The van der Waals surface area contributed by atoms with Gasteiger partial charge in [0.1, 0.15) is 5.75 Å². The predicted octanol–water partition coefficient (Wildman–Crippen LogP) is 5.19. The van der Waals surface area contributed by atoms with Crippen molar-refractivity contribution in [2.24, 2.45) is 0 Å². The topological polar surface area (TPSA) is 69.0 Å². The fraction of sp³-hybridized carbons (Fsp3) is 0.500. The summed E-state index contributed by atoms with van der Waals surface area (Å²) in [5.41, 5.74) is 0. The van der Waals surface area contributed by atoms with Crippen LogP contribution in [-0.4, -0.2) is 32.0 Å². The number of benzene rings is 1. The van der Waals surface area contributed by atoms with Gasteiger partial charge in [-0.3, -0.25) is 9.36 Å². The molecule has 1 aliphatic carbocycles. The van der Waals surface area contributed by atoms with Crippen molar-refractivity contribution >= 4 is 29.3 Å². The summed E-state index contributed by atoms with van der Waals surface area (Å²) in [5.74, 6) is 1.30. The summed E-state index contributed by atoms with van der Waals surface area (Å²) in [5, 5.41) is 12.8. The molecule has 162 valence electrons. The normalized spacial score (nSPS) is 16.6. The maximum atomic E-state index is 12.7. The number of hydrogen-bond acceptors (Lipinski definition) is 5. The van der Waals surface area contributed by atoms with Crippen molar-refractivity contribution in [1.82, 2.24) is 20.1 Å². The number of thioether (sulfide) groups is 1. The van der Waals surface area contributed by atoms with Crippen molar-refractivity contribution < 1.29 is 9.53 Å². The highest BCUT2D eigenvalue weighted by molar-refractivity contribution is 8.00. The molecule has 0 radical (unpaired) electrons. The fourth-order valence-corrected chi connectivity index (χ4v) is 4.60. The van der Waals surface area contributed by atoms with Crippen LogP contribution in [0.2, 0.25) is 5.02 Å². The number of carbonyl (C=O) groups is 1. The molecule has 1 heterocycles. The third kappa shape index (κ3) is 5.79. The van der Waals surface area contributed by atoms with E-state index >= 15 is 0 Å². The first-order valence-corrected chi connectivity index (χ1v) is 11.7. The van der Waals surface area contributed by atoms with E-state index in [2.05, 4.69) is 22.1 Å². The molecule has 3 rings (SSSR count). The highest BCUT2D eigenvalue weighted by Crippen LogP contribution is 2.30. The Morgan fingerprint density at radius 2 is 2.07 bits per heavy atom. The summed E-state index contributed by atoms with van der Waals surface area (Å²) >= 11 is 7.62. The number of allylic oxidation sites excluding steroid dienone is 1. The number of rotatable bonds is 9. The van der Waals surface area contributed by atoms with Crippen LogP contribution in [0.1, 0.15) is 57.9 Å². The molecule has 6 nitrogen and oxygen atoms in total. The SMILES string of the molecule is C=CCn1c(SC(C)C(=O)NC2CCCCC2)nnc1C(C)Oc1ccccc1Cl. The molecule has 2 unspecified atom stereocenters. The minimum absolute atomic E-state index is 0.0435. The molecule has 1 fully saturated rings. The predicted molar refractivity (Wildman–Crippen MR) is 121 cm³/mol. The molecule has 1 aromatic heterocycles. The van der Waals surface area contributed by atoms with Crippen molar-refractivity contribution in [1.29, 1.82) is 0 Å². The van der Waals surface area contributed by atoms with Crippen molar-refractivity contribution in [3.63, 3.8) is 0 Å². The quantitative estimate of drug-likeness (QED) is 0.422. The number of hydrogen-bond donors (Lipinski definition) is 1. The van der Waals surface area contributed by atoms with Crippen LogP contribution in [0.15, 0.2) is 42.1 Å². The van der Waals surface area contributed by atoms with E-state index in [0.29, 0.717) is 34.3 Å². The number of nitrogens with one attached hydrogen (secondary N) is 1. The first kappa shape index (κ1) is 22.7. The number of nitrogens with zero attached hydrogens (tertiary/aromatic N) is 3. The van der Waals surface area contributed by atoms with Crippen LogP contribution < -0.4 is 10.1 Å². The molecule has 1 saturated carbocycles. The second kappa shape index (κ2) is 10.9. The number of amides is 1. The molecule has 0 saturated heterocycles. The molecular formula is C22H29ClN4O2S. The van der Waals surface area contributed by atoms with Crippen molar-refractivity contribution in [2.45, 2.75) is 75.0 Å². The van der Waals surface area contributed by atoms with Crippen molar-refractivity contribution in [3.8, 4) is 5.75 Å². The zero-order chi connectivity index (χ0) is 21.5. The summed E-state index contributed by atoms with van der Waals surface area (Å²) in [6, 6.07) is 7.62. The second-order valence-corrected chi connectivity index (χ2v) is 9.25. The molecule has 1 aromatic carbocycles. The van der Waals surface area contributed by atoms with Gasteiger partial charge in [-0.15, -0.1) is 16.8 Å². The molecule has 2 atom stereocenters. The highest BCUT2D eigenvalue weighted by Gasteiger charge is 2.25. The number of halogens is 1. The highest BCUT2D eigenvalue weighted by atomic mass is 35.5. The Morgan fingerprint density at radius 3 is 2.77 bits per heavy atom. The Labute approximate surface area is 187 Å². The van der Waals surface area contributed by atoms with E-state index in [-0.39, 0.29) is 17.3 Å². The minimum Gasteiger partial charge on any atom is -0.481 e. The van der Waals surface area contributed by atoms with Crippen LogP contribution in [0, 0.1) is 0 Å². The lowest BCUT2D eigenvalue weighted by atomic mass is 9.95. The van der Waals surface area contributed by atoms with Gasteiger partial charge in [0.15, 0.2) is 17.1 Å². The van der Waals surface area contributed by atoms with Crippen LogP contribution in [-0.2, 0) is 11.3 Å². The third-order valence-electron chi connectivity index (χ3n) is 5.16. The van der Waals surface area contributed by atoms with E-state index in [9.17, 15) is 4.79 Å². The lowest BCUT2D eigenvalue weighted by Gasteiger charge is -2.24. The monoisotopic (exact) mass is 448 g/mol. The van der Waals surface area contributed by atoms with Gasteiger partial charge < -0.3 is 10.1 Å². The number of carbonyl (C=O) groups excluding carboxylic acids is 1. The number of ether oxygens (including phenoxy) is 1. The molecule has 1 aliphatic rings. The van der Waals surface area contributed by atoms with E-state index in [1.807, 2.05) is 36.6 Å². The summed E-state index contributed by atoms with van der Waals surface area (Å²) in [4.78, 5) is 12.7. The van der Waals surface area contributed by atoms with Gasteiger partial charge in [0.2, 0.25) is 5.91 Å².